The van der Waals surface area contributed by atoms with Gasteiger partial charge in [-0.15, -0.1) is 0 Å². The number of hydrogen-bond acceptors (Lipinski definition) is 2. The number of para-hydroxylation sites is 2. The summed E-state index contributed by atoms with van der Waals surface area (Å²) in [7, 11) is 0. The molecular weight excluding hydrogens is 222 g/mol. The topological polar surface area (TPSA) is 40.7 Å². The molecule has 18 heavy (non-hydrogen) atoms. The molecule has 1 aliphatic carbocycles. The number of nitrogens with one attached hydrogen (secondary N) is 2. The van der Waals surface area contributed by atoms with Crippen LogP contribution in [-0.2, 0) is 0 Å². The van der Waals surface area contributed by atoms with Crippen molar-refractivity contribution in [2.45, 2.75) is 45.6 Å². The van der Waals surface area contributed by atoms with Gasteiger partial charge in [0.05, 0.1) is 11.0 Å². The van der Waals surface area contributed by atoms with Gasteiger partial charge in [-0.2, -0.15) is 0 Å². The standard InChI is InChI=1S/C15H21N3/c1-15(2)10-6-5-9-13(15)18-14-16-11-7-3-4-8-12(11)17-14/h3-4,7-8,13H,5-6,9-10H2,1-2H3,(H2,16,17,18). The molecule has 2 aromatic rings. The number of H-pyrrole nitrogens is 1. The van der Waals surface area contributed by atoms with Crippen LogP contribution in [0.2, 0.25) is 0 Å². The van der Waals surface area contributed by atoms with Crippen molar-refractivity contribution in [3.8, 4) is 0 Å². The molecule has 0 radical (unpaired) electrons. The molecule has 1 heterocycles. The molecule has 3 rings (SSSR count). The predicted octanol–water partition coefficient (Wildman–Crippen LogP) is 3.94. The maximum atomic E-state index is 4.61. The zero-order valence-electron chi connectivity index (χ0n) is 11.2. The van der Waals surface area contributed by atoms with E-state index in [2.05, 4.69) is 35.2 Å². The Labute approximate surface area is 108 Å². The van der Waals surface area contributed by atoms with Gasteiger partial charge in [0.15, 0.2) is 0 Å². The van der Waals surface area contributed by atoms with E-state index < -0.39 is 0 Å². The molecule has 0 bridgehead atoms. The van der Waals surface area contributed by atoms with Gasteiger partial charge in [0.25, 0.3) is 0 Å². The van der Waals surface area contributed by atoms with Crippen LogP contribution in [0, 0.1) is 5.41 Å². The van der Waals surface area contributed by atoms with Gasteiger partial charge in [0.2, 0.25) is 5.95 Å². The summed E-state index contributed by atoms with van der Waals surface area (Å²) in [4.78, 5) is 7.96. The summed E-state index contributed by atoms with van der Waals surface area (Å²) in [6.45, 7) is 4.71. The highest BCUT2D eigenvalue weighted by atomic mass is 15.1. The average Bonchev–Trinajstić information content (AvgIpc) is 2.74. The number of fused-ring (bicyclic) bond motifs is 1. The molecule has 3 heteroatoms. The summed E-state index contributed by atoms with van der Waals surface area (Å²) in [6, 6.07) is 8.70. The zero-order chi connectivity index (χ0) is 12.6. The highest BCUT2D eigenvalue weighted by Crippen LogP contribution is 2.37. The van der Waals surface area contributed by atoms with E-state index in [1.54, 1.807) is 0 Å². The van der Waals surface area contributed by atoms with Crippen LogP contribution in [0.5, 0.6) is 0 Å². The highest BCUT2D eigenvalue weighted by molar-refractivity contribution is 5.77. The Kier molecular flexibility index (Phi) is 2.77. The largest absolute Gasteiger partial charge is 0.353 e. The van der Waals surface area contributed by atoms with Crippen LogP contribution < -0.4 is 5.32 Å². The third-order valence-electron chi connectivity index (χ3n) is 4.21. The van der Waals surface area contributed by atoms with E-state index in [0.717, 1.165) is 17.0 Å². The Morgan fingerprint density at radius 2 is 2.11 bits per heavy atom. The fraction of sp³-hybridized carbons (Fsp3) is 0.533. The number of imidazole rings is 1. The van der Waals surface area contributed by atoms with Crippen molar-refractivity contribution >= 4 is 17.0 Å². The van der Waals surface area contributed by atoms with Crippen molar-refractivity contribution in [1.82, 2.24) is 9.97 Å². The van der Waals surface area contributed by atoms with Gasteiger partial charge < -0.3 is 10.3 Å². The van der Waals surface area contributed by atoms with Gasteiger partial charge in [0.1, 0.15) is 0 Å². The summed E-state index contributed by atoms with van der Waals surface area (Å²) in [5, 5.41) is 3.59. The first-order chi connectivity index (χ1) is 8.65. The summed E-state index contributed by atoms with van der Waals surface area (Å²) < 4.78 is 0. The monoisotopic (exact) mass is 243 g/mol. The lowest BCUT2D eigenvalue weighted by Crippen LogP contribution is -2.39. The SMILES string of the molecule is CC1(C)CCCCC1Nc1nc2ccccc2[nH]1. The summed E-state index contributed by atoms with van der Waals surface area (Å²) in [5.41, 5.74) is 2.50. The van der Waals surface area contributed by atoms with Crippen molar-refractivity contribution in [2.75, 3.05) is 5.32 Å². The quantitative estimate of drug-likeness (QED) is 0.838. The van der Waals surface area contributed by atoms with Crippen LogP contribution >= 0.6 is 0 Å². The Bertz CT molecular complexity index is 508. The first-order valence-electron chi connectivity index (χ1n) is 6.86. The van der Waals surface area contributed by atoms with Crippen molar-refractivity contribution in [1.29, 1.82) is 0 Å². The molecule has 1 aliphatic rings. The maximum Gasteiger partial charge on any atom is 0.201 e. The Balaban J connectivity index is 1.83. The van der Waals surface area contributed by atoms with Gasteiger partial charge in [-0.1, -0.05) is 38.8 Å². The summed E-state index contributed by atoms with van der Waals surface area (Å²) in [5.74, 6) is 0.913. The first-order valence-corrected chi connectivity index (χ1v) is 6.86. The molecule has 1 atom stereocenters. The Morgan fingerprint density at radius 1 is 1.28 bits per heavy atom. The van der Waals surface area contributed by atoms with Crippen LogP contribution in [-0.4, -0.2) is 16.0 Å². The third-order valence-corrected chi connectivity index (χ3v) is 4.21. The molecule has 2 N–H and O–H groups in total. The molecule has 0 spiro atoms. The second-order valence-corrected chi connectivity index (χ2v) is 6.03. The summed E-state index contributed by atoms with van der Waals surface area (Å²) >= 11 is 0. The van der Waals surface area contributed by atoms with Gasteiger partial charge in [-0.25, -0.2) is 4.98 Å². The van der Waals surface area contributed by atoms with E-state index in [9.17, 15) is 0 Å². The fourth-order valence-corrected chi connectivity index (χ4v) is 2.95. The lowest BCUT2D eigenvalue weighted by atomic mass is 9.73. The number of rotatable bonds is 2. The average molecular weight is 243 g/mol. The van der Waals surface area contributed by atoms with Crippen molar-refractivity contribution in [3.05, 3.63) is 24.3 Å². The normalized spacial score (nSPS) is 23.1. The Hall–Kier alpha value is -1.51. The van der Waals surface area contributed by atoms with Crippen molar-refractivity contribution in [3.63, 3.8) is 0 Å². The minimum Gasteiger partial charge on any atom is -0.353 e. The predicted molar refractivity (Wildman–Crippen MR) is 75.8 cm³/mol. The molecule has 3 nitrogen and oxygen atoms in total. The number of nitrogens with zero attached hydrogens (tertiary/aromatic N) is 1. The van der Waals surface area contributed by atoms with Gasteiger partial charge in [-0.05, 0) is 30.4 Å². The molecular formula is C15H21N3. The van der Waals surface area contributed by atoms with Crippen LogP contribution in [0.25, 0.3) is 11.0 Å². The highest BCUT2D eigenvalue weighted by Gasteiger charge is 2.32. The van der Waals surface area contributed by atoms with Gasteiger partial charge in [-0.3, -0.25) is 0 Å². The minimum atomic E-state index is 0.358. The van der Waals surface area contributed by atoms with Crippen LogP contribution in [0.1, 0.15) is 39.5 Å². The van der Waals surface area contributed by atoms with E-state index in [1.807, 2.05) is 18.2 Å². The van der Waals surface area contributed by atoms with Crippen molar-refractivity contribution in [2.24, 2.45) is 5.41 Å². The number of benzene rings is 1. The lowest BCUT2D eigenvalue weighted by molar-refractivity contribution is 0.216. The number of aromatic amines is 1. The van der Waals surface area contributed by atoms with Crippen LogP contribution in [0.4, 0.5) is 5.95 Å². The molecule has 1 saturated carbocycles. The smallest absolute Gasteiger partial charge is 0.201 e. The number of anilines is 1. The summed E-state index contributed by atoms with van der Waals surface area (Å²) in [6.07, 6.45) is 5.21. The van der Waals surface area contributed by atoms with Crippen LogP contribution in [0.3, 0.4) is 0 Å². The first kappa shape index (κ1) is 11.6. The molecule has 0 aliphatic heterocycles. The van der Waals surface area contributed by atoms with E-state index in [1.165, 1.54) is 25.7 Å². The minimum absolute atomic E-state index is 0.358. The molecule has 0 saturated heterocycles. The zero-order valence-corrected chi connectivity index (χ0v) is 11.2. The molecule has 1 unspecified atom stereocenters. The lowest BCUT2D eigenvalue weighted by Gasteiger charge is -2.38. The van der Waals surface area contributed by atoms with E-state index in [-0.39, 0.29) is 0 Å². The van der Waals surface area contributed by atoms with E-state index >= 15 is 0 Å². The number of hydrogen-bond donors (Lipinski definition) is 2. The van der Waals surface area contributed by atoms with E-state index in [0.29, 0.717) is 11.5 Å². The molecule has 1 fully saturated rings. The molecule has 1 aromatic carbocycles. The van der Waals surface area contributed by atoms with Gasteiger partial charge in [0, 0.05) is 6.04 Å². The Morgan fingerprint density at radius 3 is 2.89 bits per heavy atom. The second kappa shape index (κ2) is 4.30. The molecule has 1 aromatic heterocycles. The molecule has 96 valence electrons. The number of aromatic nitrogens is 2. The van der Waals surface area contributed by atoms with E-state index in [4.69, 9.17) is 0 Å². The van der Waals surface area contributed by atoms with Crippen molar-refractivity contribution < 1.29 is 0 Å². The van der Waals surface area contributed by atoms with Gasteiger partial charge >= 0.3 is 0 Å². The molecule has 0 amide bonds. The maximum absolute atomic E-state index is 4.61. The third kappa shape index (κ3) is 2.09. The fourth-order valence-electron chi connectivity index (χ4n) is 2.95. The van der Waals surface area contributed by atoms with Crippen LogP contribution in [0.15, 0.2) is 24.3 Å². The second-order valence-electron chi connectivity index (χ2n) is 6.03.